The Balaban J connectivity index is 1.41. The maximum Gasteiger partial charge on any atom is 0.332 e. The molecule has 2 atom stereocenters. The van der Waals surface area contributed by atoms with E-state index in [1.165, 1.54) is 10.2 Å². The van der Waals surface area contributed by atoms with Crippen LogP contribution in [0.1, 0.15) is 28.4 Å². The molecule has 4 heterocycles. The van der Waals surface area contributed by atoms with Gasteiger partial charge in [-0.3, -0.25) is 23.7 Å². The van der Waals surface area contributed by atoms with Gasteiger partial charge in [-0.1, -0.05) is 29.8 Å². The fraction of sp³-hybridized carbons (Fsp3) is 0.429. The zero-order chi connectivity index (χ0) is 20.1. The predicted octanol–water partition coefficient (Wildman–Crippen LogP) is 0.724. The molecule has 150 valence electrons. The molecule has 0 amide bonds. The molecule has 1 saturated heterocycles. The van der Waals surface area contributed by atoms with Gasteiger partial charge in [0.1, 0.15) is 5.82 Å². The minimum atomic E-state index is -0.540. The molecule has 29 heavy (non-hydrogen) atoms. The third kappa shape index (κ3) is 3.23. The van der Waals surface area contributed by atoms with E-state index in [-0.39, 0.29) is 5.92 Å². The normalized spacial score (nSPS) is 20.8. The smallest absolute Gasteiger partial charge is 0.298 e. The van der Waals surface area contributed by atoms with Crippen molar-refractivity contribution in [1.29, 1.82) is 0 Å². The van der Waals surface area contributed by atoms with Crippen molar-refractivity contribution in [1.82, 2.24) is 29.0 Å². The van der Waals surface area contributed by atoms with Gasteiger partial charge in [0.05, 0.1) is 12.7 Å². The summed E-state index contributed by atoms with van der Waals surface area (Å²) in [7, 11) is 1.92. The molecule has 1 aromatic carbocycles. The van der Waals surface area contributed by atoms with Crippen LogP contribution in [0, 0.1) is 12.8 Å². The number of fused-ring (bicyclic) bond motifs is 3. The summed E-state index contributed by atoms with van der Waals surface area (Å²) in [5.41, 5.74) is 2.32. The molecular formula is C21H24N6O2. The second-order valence-electron chi connectivity index (χ2n) is 8.31. The summed E-state index contributed by atoms with van der Waals surface area (Å²) >= 11 is 0. The predicted molar refractivity (Wildman–Crippen MR) is 108 cm³/mol. The molecule has 1 fully saturated rings. The first-order valence-corrected chi connectivity index (χ1v) is 9.95. The van der Waals surface area contributed by atoms with E-state index in [1.54, 1.807) is 4.57 Å². The molecule has 0 aliphatic carbocycles. The number of aryl methyl sites for hydroxylation is 2. The first kappa shape index (κ1) is 18.1. The Morgan fingerprint density at radius 3 is 2.52 bits per heavy atom. The molecule has 2 aliphatic heterocycles. The highest BCUT2D eigenvalue weighted by Gasteiger charge is 2.42. The first-order valence-electron chi connectivity index (χ1n) is 9.95. The third-order valence-electron chi connectivity index (χ3n) is 6.05. The maximum absolute atomic E-state index is 12.7. The molecule has 0 spiro atoms. The molecule has 2 aliphatic rings. The van der Waals surface area contributed by atoms with Crippen molar-refractivity contribution in [2.75, 3.05) is 13.1 Å². The Hall–Kier alpha value is -3.00. The molecule has 5 rings (SSSR count). The molecule has 0 bridgehead atoms. The Bertz CT molecular complexity index is 1170. The highest BCUT2D eigenvalue weighted by Crippen LogP contribution is 2.37. The van der Waals surface area contributed by atoms with Crippen LogP contribution in [0.5, 0.6) is 0 Å². The van der Waals surface area contributed by atoms with E-state index >= 15 is 0 Å². The van der Waals surface area contributed by atoms with E-state index < -0.39 is 11.1 Å². The van der Waals surface area contributed by atoms with Gasteiger partial charge in [-0.15, -0.1) is 0 Å². The lowest BCUT2D eigenvalue weighted by Gasteiger charge is -2.17. The Kier molecular flexibility index (Phi) is 4.24. The number of nitrogens with zero attached hydrogens (tertiary/aromatic N) is 6. The lowest BCUT2D eigenvalue weighted by Crippen LogP contribution is -2.44. The quantitative estimate of drug-likeness (QED) is 0.612. The topological polar surface area (TPSA) is 78.0 Å². The average molecular weight is 392 g/mol. The van der Waals surface area contributed by atoms with E-state index in [4.69, 9.17) is 0 Å². The van der Waals surface area contributed by atoms with Crippen LogP contribution in [0.25, 0.3) is 0 Å². The number of hydrogen-bond acceptors (Lipinski definition) is 5. The summed E-state index contributed by atoms with van der Waals surface area (Å²) in [6.07, 6.45) is 3.92. The highest BCUT2D eigenvalue weighted by atomic mass is 16.2. The fourth-order valence-corrected chi connectivity index (χ4v) is 4.59. The van der Waals surface area contributed by atoms with Crippen molar-refractivity contribution in [3.8, 4) is 0 Å². The molecule has 0 radical (unpaired) electrons. The standard InChI is InChI=1S/C21H24N6O2/c1-14-3-5-15(6-4-14)10-27-21(29)20(28)26-12-17-11-25(13-18(17)19(26)23-27)9-16-7-22-24(2)8-16/h3-8,17-18H,9-13H2,1-2H3. The summed E-state index contributed by atoms with van der Waals surface area (Å²) in [6.45, 7) is 5.50. The van der Waals surface area contributed by atoms with Crippen LogP contribution in [-0.4, -0.2) is 42.1 Å². The fourth-order valence-electron chi connectivity index (χ4n) is 4.59. The lowest BCUT2D eigenvalue weighted by molar-refractivity contribution is 0.303. The van der Waals surface area contributed by atoms with Crippen molar-refractivity contribution >= 4 is 0 Å². The van der Waals surface area contributed by atoms with E-state index in [1.807, 2.05) is 55.3 Å². The Morgan fingerprint density at radius 1 is 1.00 bits per heavy atom. The molecule has 3 aromatic rings. The van der Waals surface area contributed by atoms with Gasteiger partial charge < -0.3 is 0 Å². The van der Waals surface area contributed by atoms with Gasteiger partial charge >= 0.3 is 11.1 Å². The number of benzene rings is 1. The molecule has 8 nitrogen and oxygen atoms in total. The van der Waals surface area contributed by atoms with Crippen molar-refractivity contribution in [2.45, 2.75) is 32.5 Å². The van der Waals surface area contributed by atoms with Crippen LogP contribution in [0.15, 0.2) is 46.2 Å². The minimum absolute atomic E-state index is 0.184. The number of hydrogen-bond donors (Lipinski definition) is 0. The molecule has 8 heteroatoms. The minimum Gasteiger partial charge on any atom is -0.298 e. The number of likely N-dealkylation sites (tertiary alicyclic amines) is 1. The average Bonchev–Trinajstić information content (AvgIpc) is 3.37. The summed E-state index contributed by atoms with van der Waals surface area (Å²) in [5, 5.41) is 8.88. The van der Waals surface area contributed by atoms with E-state index in [0.29, 0.717) is 19.0 Å². The van der Waals surface area contributed by atoms with Crippen LogP contribution in [0.3, 0.4) is 0 Å². The summed E-state index contributed by atoms with van der Waals surface area (Å²) < 4.78 is 4.75. The second kappa shape index (κ2) is 6.81. The van der Waals surface area contributed by atoms with Crippen molar-refractivity contribution in [3.63, 3.8) is 0 Å². The van der Waals surface area contributed by atoms with Crippen LogP contribution in [0.4, 0.5) is 0 Å². The summed E-state index contributed by atoms with van der Waals surface area (Å²) in [6, 6.07) is 7.96. The molecule has 2 aromatic heterocycles. The van der Waals surface area contributed by atoms with Crippen LogP contribution in [0.2, 0.25) is 0 Å². The zero-order valence-electron chi connectivity index (χ0n) is 16.7. The van der Waals surface area contributed by atoms with Crippen LogP contribution >= 0.6 is 0 Å². The monoisotopic (exact) mass is 392 g/mol. The summed E-state index contributed by atoms with van der Waals surface area (Å²) in [4.78, 5) is 27.7. The number of rotatable bonds is 4. The van der Waals surface area contributed by atoms with Gasteiger partial charge in [0, 0.05) is 56.8 Å². The third-order valence-corrected chi connectivity index (χ3v) is 6.05. The van der Waals surface area contributed by atoms with Crippen LogP contribution in [-0.2, 0) is 26.7 Å². The van der Waals surface area contributed by atoms with Crippen molar-refractivity contribution < 1.29 is 0 Å². The SMILES string of the molecule is Cc1ccc(Cn2nc3n(c(=O)c2=O)CC2CN(Cc4cnn(C)c4)CC32)cc1. The largest absolute Gasteiger partial charge is 0.332 e. The molecule has 2 unspecified atom stereocenters. The van der Waals surface area contributed by atoms with Crippen molar-refractivity contribution in [3.05, 3.63) is 79.9 Å². The zero-order valence-corrected chi connectivity index (χ0v) is 16.7. The van der Waals surface area contributed by atoms with Gasteiger partial charge in [-0.25, -0.2) is 4.68 Å². The van der Waals surface area contributed by atoms with Gasteiger partial charge in [0.15, 0.2) is 0 Å². The molecular weight excluding hydrogens is 368 g/mol. The Labute approximate surface area is 168 Å². The van der Waals surface area contributed by atoms with Crippen LogP contribution < -0.4 is 11.1 Å². The van der Waals surface area contributed by atoms with Gasteiger partial charge in [0.25, 0.3) is 0 Å². The molecule has 0 N–H and O–H groups in total. The summed E-state index contributed by atoms with van der Waals surface area (Å²) in [5.74, 6) is 1.26. The van der Waals surface area contributed by atoms with E-state index in [9.17, 15) is 9.59 Å². The highest BCUT2D eigenvalue weighted by molar-refractivity contribution is 5.21. The lowest BCUT2D eigenvalue weighted by atomic mass is 10.00. The van der Waals surface area contributed by atoms with Gasteiger partial charge in [-0.05, 0) is 12.5 Å². The van der Waals surface area contributed by atoms with E-state index in [0.717, 1.165) is 36.6 Å². The number of aromatic nitrogens is 5. The molecule has 0 saturated carbocycles. The van der Waals surface area contributed by atoms with E-state index in [2.05, 4.69) is 15.1 Å². The van der Waals surface area contributed by atoms with Crippen molar-refractivity contribution in [2.24, 2.45) is 13.0 Å². The van der Waals surface area contributed by atoms with Gasteiger partial charge in [-0.2, -0.15) is 10.2 Å². The second-order valence-corrected chi connectivity index (χ2v) is 8.31. The first-order chi connectivity index (χ1) is 14.0. The maximum atomic E-state index is 12.7. The Morgan fingerprint density at radius 2 is 1.79 bits per heavy atom. The van der Waals surface area contributed by atoms with Gasteiger partial charge in [0.2, 0.25) is 0 Å².